The van der Waals surface area contributed by atoms with Crippen molar-refractivity contribution in [2.24, 2.45) is 0 Å². The Morgan fingerprint density at radius 1 is 1.22 bits per heavy atom. The molecule has 2 N–H and O–H groups in total. The first-order chi connectivity index (χ1) is 15.5. The lowest BCUT2D eigenvalue weighted by Gasteiger charge is -2.29. The van der Waals surface area contributed by atoms with Crippen molar-refractivity contribution in [1.82, 2.24) is 14.9 Å². The number of H-pyrrole nitrogens is 1. The number of halogens is 1. The number of aromatic nitrogens is 2. The summed E-state index contributed by atoms with van der Waals surface area (Å²) in [4.78, 5) is 20.6. The summed E-state index contributed by atoms with van der Waals surface area (Å²) in [5.41, 5.74) is 5.39. The monoisotopic (exact) mass is 435 g/mol. The van der Waals surface area contributed by atoms with Gasteiger partial charge in [0.15, 0.2) is 0 Å². The number of piperidine rings is 1. The highest BCUT2D eigenvalue weighted by atomic mass is 19.1. The van der Waals surface area contributed by atoms with Gasteiger partial charge in [-0.3, -0.25) is 4.98 Å². The van der Waals surface area contributed by atoms with Gasteiger partial charge in [0.1, 0.15) is 17.3 Å². The Hall–Kier alpha value is -3.61. The lowest BCUT2D eigenvalue weighted by molar-refractivity contribution is 0.132. The average Bonchev–Trinajstić information content (AvgIpc) is 3.25. The molecule has 32 heavy (non-hydrogen) atoms. The van der Waals surface area contributed by atoms with E-state index in [4.69, 9.17) is 4.74 Å². The SMILES string of the molecule is C=C(OCC)c1cc(-c2cc(C3CCN(C(=O)O)CC3)[nH]c2-c2ccc(F)cc2)ccn1. The summed E-state index contributed by atoms with van der Waals surface area (Å²) in [5, 5.41) is 9.24. The number of amides is 1. The van der Waals surface area contributed by atoms with Crippen LogP contribution in [0.5, 0.6) is 0 Å². The third-order valence-electron chi connectivity index (χ3n) is 5.85. The number of hydrogen-bond acceptors (Lipinski definition) is 3. The fourth-order valence-corrected chi connectivity index (χ4v) is 4.15. The van der Waals surface area contributed by atoms with Crippen molar-refractivity contribution >= 4 is 11.9 Å². The number of carboxylic acid groups (broad SMARTS) is 1. The van der Waals surface area contributed by atoms with Crippen LogP contribution in [0.15, 0.2) is 55.2 Å². The summed E-state index contributed by atoms with van der Waals surface area (Å²) in [6, 6.07) is 12.4. The normalized spacial score (nSPS) is 14.4. The first-order valence-electron chi connectivity index (χ1n) is 10.7. The van der Waals surface area contributed by atoms with Gasteiger partial charge in [-0.05, 0) is 73.4 Å². The van der Waals surface area contributed by atoms with Crippen molar-refractivity contribution in [1.29, 1.82) is 0 Å². The van der Waals surface area contributed by atoms with Gasteiger partial charge in [-0.15, -0.1) is 0 Å². The molecule has 0 bridgehead atoms. The summed E-state index contributed by atoms with van der Waals surface area (Å²) in [7, 11) is 0. The van der Waals surface area contributed by atoms with Crippen LogP contribution >= 0.6 is 0 Å². The standard InChI is InChI=1S/C25H26FN3O3/c1-3-32-16(2)22-14-19(8-11-27-22)21-15-23(17-9-12-29(13-10-17)25(30)31)28-24(21)18-4-6-20(26)7-5-18/h4-8,11,14-15,17,28H,2-3,9-10,12-13H2,1H3,(H,30,31). The van der Waals surface area contributed by atoms with Gasteiger partial charge in [0.2, 0.25) is 0 Å². The maximum absolute atomic E-state index is 13.5. The number of aromatic amines is 1. The van der Waals surface area contributed by atoms with Crippen molar-refractivity contribution in [3.63, 3.8) is 0 Å². The van der Waals surface area contributed by atoms with Gasteiger partial charge in [-0.1, -0.05) is 6.58 Å². The van der Waals surface area contributed by atoms with Crippen LogP contribution < -0.4 is 0 Å². The highest BCUT2D eigenvalue weighted by Gasteiger charge is 2.26. The molecule has 4 rings (SSSR count). The van der Waals surface area contributed by atoms with E-state index < -0.39 is 6.09 Å². The van der Waals surface area contributed by atoms with E-state index in [9.17, 15) is 14.3 Å². The Balaban J connectivity index is 1.72. The molecule has 2 aromatic heterocycles. The molecule has 1 fully saturated rings. The smallest absolute Gasteiger partial charge is 0.407 e. The zero-order valence-corrected chi connectivity index (χ0v) is 18.0. The Morgan fingerprint density at radius 2 is 1.94 bits per heavy atom. The fourth-order valence-electron chi connectivity index (χ4n) is 4.15. The predicted molar refractivity (Wildman–Crippen MR) is 122 cm³/mol. The van der Waals surface area contributed by atoms with Crippen molar-refractivity contribution in [3.8, 4) is 22.4 Å². The lowest BCUT2D eigenvalue weighted by atomic mass is 9.93. The van der Waals surface area contributed by atoms with Crippen LogP contribution in [0.2, 0.25) is 0 Å². The van der Waals surface area contributed by atoms with Gasteiger partial charge in [-0.25, -0.2) is 9.18 Å². The van der Waals surface area contributed by atoms with Gasteiger partial charge in [0.05, 0.1) is 12.3 Å². The Morgan fingerprint density at radius 3 is 2.59 bits per heavy atom. The molecular weight excluding hydrogens is 409 g/mol. The second-order valence-corrected chi connectivity index (χ2v) is 7.85. The maximum Gasteiger partial charge on any atom is 0.407 e. The highest BCUT2D eigenvalue weighted by molar-refractivity contribution is 5.83. The molecule has 0 radical (unpaired) electrons. The van der Waals surface area contributed by atoms with Crippen LogP contribution in [0.25, 0.3) is 28.1 Å². The van der Waals surface area contributed by atoms with Gasteiger partial charge < -0.3 is 19.7 Å². The minimum absolute atomic E-state index is 0.221. The molecule has 0 atom stereocenters. The summed E-state index contributed by atoms with van der Waals surface area (Å²) in [5.74, 6) is 0.440. The number of rotatable bonds is 6. The van der Waals surface area contributed by atoms with E-state index >= 15 is 0 Å². The number of likely N-dealkylation sites (tertiary alicyclic amines) is 1. The van der Waals surface area contributed by atoms with E-state index in [1.54, 1.807) is 18.3 Å². The molecule has 1 amide bonds. The third-order valence-corrected chi connectivity index (χ3v) is 5.85. The largest absolute Gasteiger partial charge is 0.492 e. The number of nitrogens with zero attached hydrogens (tertiary/aromatic N) is 2. The van der Waals surface area contributed by atoms with E-state index in [2.05, 4.69) is 22.6 Å². The number of pyridine rings is 1. The molecule has 6 nitrogen and oxygen atoms in total. The molecular formula is C25H26FN3O3. The molecule has 0 spiro atoms. The summed E-state index contributed by atoms with van der Waals surface area (Å²) in [6.45, 7) is 7.38. The number of ether oxygens (including phenoxy) is 1. The Bertz CT molecular complexity index is 1120. The molecule has 1 saturated heterocycles. The van der Waals surface area contributed by atoms with Crippen molar-refractivity contribution in [3.05, 3.63) is 72.4 Å². The molecule has 166 valence electrons. The predicted octanol–water partition coefficient (Wildman–Crippen LogP) is 5.75. The summed E-state index contributed by atoms with van der Waals surface area (Å²) >= 11 is 0. The van der Waals surface area contributed by atoms with E-state index in [1.807, 2.05) is 19.1 Å². The Kier molecular flexibility index (Phi) is 6.25. The van der Waals surface area contributed by atoms with E-state index in [-0.39, 0.29) is 11.7 Å². The first kappa shape index (κ1) is 21.6. The van der Waals surface area contributed by atoms with E-state index in [0.717, 1.165) is 40.9 Å². The second kappa shape index (κ2) is 9.26. The van der Waals surface area contributed by atoms with Crippen LogP contribution in [0.4, 0.5) is 9.18 Å². The van der Waals surface area contributed by atoms with Crippen molar-refractivity contribution in [2.75, 3.05) is 19.7 Å². The average molecular weight is 435 g/mol. The quantitative estimate of drug-likeness (QED) is 0.484. The topological polar surface area (TPSA) is 78.5 Å². The van der Waals surface area contributed by atoms with Crippen LogP contribution in [-0.2, 0) is 4.74 Å². The third kappa shape index (κ3) is 4.51. The van der Waals surface area contributed by atoms with Crippen LogP contribution in [0.3, 0.4) is 0 Å². The molecule has 7 heteroatoms. The minimum atomic E-state index is -0.874. The first-order valence-corrected chi connectivity index (χ1v) is 10.7. The molecule has 1 aromatic carbocycles. The molecule has 0 saturated carbocycles. The van der Waals surface area contributed by atoms with Crippen LogP contribution in [0.1, 0.15) is 37.1 Å². The van der Waals surface area contributed by atoms with Crippen LogP contribution in [0, 0.1) is 5.82 Å². The zero-order chi connectivity index (χ0) is 22.7. The number of nitrogens with one attached hydrogen (secondary N) is 1. The van der Waals surface area contributed by atoms with Gasteiger partial charge in [0, 0.05) is 36.5 Å². The number of hydrogen-bond donors (Lipinski definition) is 2. The zero-order valence-electron chi connectivity index (χ0n) is 18.0. The van der Waals surface area contributed by atoms with E-state index in [1.165, 1.54) is 17.0 Å². The minimum Gasteiger partial charge on any atom is -0.492 e. The lowest BCUT2D eigenvalue weighted by Crippen LogP contribution is -2.36. The van der Waals surface area contributed by atoms with Gasteiger partial charge in [-0.2, -0.15) is 0 Å². The van der Waals surface area contributed by atoms with Crippen molar-refractivity contribution in [2.45, 2.75) is 25.7 Å². The second-order valence-electron chi connectivity index (χ2n) is 7.85. The van der Waals surface area contributed by atoms with Gasteiger partial charge >= 0.3 is 6.09 Å². The van der Waals surface area contributed by atoms with E-state index in [0.29, 0.717) is 31.1 Å². The summed E-state index contributed by atoms with van der Waals surface area (Å²) < 4.78 is 19.1. The molecule has 0 unspecified atom stereocenters. The molecule has 3 heterocycles. The number of carbonyl (C=O) groups is 1. The van der Waals surface area contributed by atoms with Crippen molar-refractivity contribution < 1.29 is 19.0 Å². The van der Waals surface area contributed by atoms with Gasteiger partial charge in [0.25, 0.3) is 0 Å². The number of benzene rings is 1. The maximum atomic E-state index is 13.5. The Labute approximate surface area is 186 Å². The van der Waals surface area contributed by atoms with Crippen LogP contribution in [-0.4, -0.2) is 45.8 Å². The molecule has 3 aromatic rings. The summed E-state index contributed by atoms with van der Waals surface area (Å²) in [6.07, 6.45) is 2.35. The fraction of sp³-hybridized carbons (Fsp3) is 0.280. The molecule has 0 aliphatic carbocycles. The molecule has 1 aliphatic rings. The highest BCUT2D eigenvalue weighted by Crippen LogP contribution is 2.38. The molecule has 1 aliphatic heterocycles.